The Bertz CT molecular complexity index is 936. The van der Waals surface area contributed by atoms with Gasteiger partial charge in [0.05, 0.1) is 5.56 Å². The van der Waals surface area contributed by atoms with Crippen LogP contribution >= 0.6 is 0 Å². The van der Waals surface area contributed by atoms with Crippen LogP contribution in [0.2, 0.25) is 0 Å². The number of carbonyl (C=O) groups excluding carboxylic acids is 1. The van der Waals surface area contributed by atoms with Crippen LogP contribution < -0.4 is 0 Å². The molecule has 0 spiro atoms. The zero-order chi connectivity index (χ0) is 18.8. The van der Waals surface area contributed by atoms with Gasteiger partial charge in [-0.3, -0.25) is 0 Å². The molecule has 0 saturated heterocycles. The van der Waals surface area contributed by atoms with Gasteiger partial charge in [-0.25, -0.2) is 4.79 Å². The van der Waals surface area contributed by atoms with E-state index in [4.69, 9.17) is 9.15 Å². The maximum absolute atomic E-state index is 12.6. The van der Waals surface area contributed by atoms with Crippen molar-refractivity contribution >= 4 is 5.97 Å². The van der Waals surface area contributed by atoms with Gasteiger partial charge in [-0.05, 0) is 57.9 Å². The molecule has 0 bridgehead atoms. The second-order valence-electron chi connectivity index (χ2n) is 6.64. The van der Waals surface area contributed by atoms with Crippen molar-refractivity contribution in [3.05, 3.63) is 70.1 Å². The number of aromatic nitrogens is 2. The lowest BCUT2D eigenvalue weighted by Crippen LogP contribution is -2.12. The Morgan fingerprint density at radius 1 is 1.00 bits per heavy atom. The fourth-order valence-corrected chi connectivity index (χ4v) is 3.07. The SMILES string of the molecule is Cc1cccc(-c2nnc([C@@H](C)OC(=O)c3c(C)cc(C)cc3C)o2)c1. The normalized spacial score (nSPS) is 12.0. The van der Waals surface area contributed by atoms with Crippen molar-refractivity contribution in [2.24, 2.45) is 0 Å². The van der Waals surface area contributed by atoms with Crippen LogP contribution in [0.4, 0.5) is 0 Å². The molecule has 26 heavy (non-hydrogen) atoms. The molecule has 0 aliphatic carbocycles. The van der Waals surface area contributed by atoms with Gasteiger partial charge in [0.1, 0.15) is 0 Å². The molecule has 3 aromatic rings. The second-order valence-corrected chi connectivity index (χ2v) is 6.64. The van der Waals surface area contributed by atoms with E-state index in [1.807, 2.05) is 64.1 Å². The third-order valence-corrected chi connectivity index (χ3v) is 4.22. The Morgan fingerprint density at radius 3 is 2.35 bits per heavy atom. The third-order valence-electron chi connectivity index (χ3n) is 4.22. The first-order chi connectivity index (χ1) is 12.3. The van der Waals surface area contributed by atoms with Gasteiger partial charge in [0, 0.05) is 5.56 Å². The number of aryl methyl sites for hydroxylation is 4. The van der Waals surface area contributed by atoms with Crippen molar-refractivity contribution in [1.82, 2.24) is 10.2 Å². The highest BCUT2D eigenvalue weighted by atomic mass is 16.6. The molecule has 0 saturated carbocycles. The van der Waals surface area contributed by atoms with Gasteiger partial charge in [0.15, 0.2) is 6.10 Å². The van der Waals surface area contributed by atoms with E-state index in [0.717, 1.165) is 27.8 Å². The molecular formula is C21H22N2O3. The van der Waals surface area contributed by atoms with Gasteiger partial charge in [-0.2, -0.15) is 0 Å². The zero-order valence-corrected chi connectivity index (χ0v) is 15.7. The number of hydrogen-bond donors (Lipinski definition) is 0. The molecule has 1 aromatic heterocycles. The molecule has 0 aliphatic rings. The molecular weight excluding hydrogens is 328 g/mol. The molecule has 0 unspecified atom stereocenters. The fraction of sp³-hybridized carbons (Fsp3) is 0.286. The van der Waals surface area contributed by atoms with Crippen LogP contribution in [0.25, 0.3) is 11.5 Å². The lowest BCUT2D eigenvalue weighted by atomic mass is 10.00. The van der Waals surface area contributed by atoms with E-state index >= 15 is 0 Å². The van der Waals surface area contributed by atoms with E-state index in [-0.39, 0.29) is 11.9 Å². The first-order valence-electron chi connectivity index (χ1n) is 8.54. The molecule has 5 nitrogen and oxygen atoms in total. The first kappa shape index (κ1) is 17.9. The standard InChI is InChI=1S/C21H22N2O3/c1-12-7-6-8-17(11-12)20-23-22-19(26-20)16(5)25-21(24)18-14(3)9-13(2)10-15(18)4/h6-11,16H,1-5H3/t16-/m1/s1. The number of hydrogen-bond acceptors (Lipinski definition) is 5. The molecule has 0 fully saturated rings. The minimum atomic E-state index is -0.631. The van der Waals surface area contributed by atoms with Crippen molar-refractivity contribution in [2.45, 2.75) is 40.7 Å². The van der Waals surface area contributed by atoms with Gasteiger partial charge in [-0.15, -0.1) is 10.2 Å². The van der Waals surface area contributed by atoms with Crippen molar-refractivity contribution in [2.75, 3.05) is 0 Å². The largest absolute Gasteiger partial charge is 0.449 e. The maximum Gasteiger partial charge on any atom is 0.339 e. The van der Waals surface area contributed by atoms with Gasteiger partial charge in [0.2, 0.25) is 5.89 Å². The predicted molar refractivity (Wildman–Crippen MR) is 99.0 cm³/mol. The molecule has 1 atom stereocenters. The fourth-order valence-electron chi connectivity index (χ4n) is 3.07. The average molecular weight is 350 g/mol. The summed E-state index contributed by atoms with van der Waals surface area (Å²) in [6.07, 6.45) is -0.631. The van der Waals surface area contributed by atoms with E-state index in [1.165, 1.54) is 0 Å². The van der Waals surface area contributed by atoms with Gasteiger partial charge in [0.25, 0.3) is 5.89 Å². The third kappa shape index (κ3) is 3.67. The number of carbonyl (C=O) groups is 1. The average Bonchev–Trinajstić information content (AvgIpc) is 3.04. The number of nitrogens with zero attached hydrogens (tertiary/aromatic N) is 2. The Balaban J connectivity index is 1.79. The summed E-state index contributed by atoms with van der Waals surface area (Å²) in [5, 5.41) is 8.10. The lowest BCUT2D eigenvalue weighted by molar-refractivity contribution is 0.0278. The monoisotopic (exact) mass is 350 g/mol. The summed E-state index contributed by atoms with van der Waals surface area (Å²) >= 11 is 0. The first-order valence-corrected chi connectivity index (χ1v) is 8.54. The van der Waals surface area contributed by atoms with E-state index in [9.17, 15) is 4.79 Å². The smallest absolute Gasteiger partial charge is 0.339 e. The zero-order valence-electron chi connectivity index (χ0n) is 15.7. The van der Waals surface area contributed by atoms with Crippen molar-refractivity contribution in [3.63, 3.8) is 0 Å². The second kappa shape index (κ2) is 7.12. The number of esters is 1. The van der Waals surface area contributed by atoms with Crippen molar-refractivity contribution < 1.29 is 13.9 Å². The summed E-state index contributed by atoms with van der Waals surface area (Å²) in [6.45, 7) is 9.54. The summed E-state index contributed by atoms with van der Waals surface area (Å²) in [4.78, 5) is 12.6. The molecule has 134 valence electrons. The molecule has 3 rings (SSSR count). The summed E-state index contributed by atoms with van der Waals surface area (Å²) in [7, 11) is 0. The minimum Gasteiger partial charge on any atom is -0.449 e. The van der Waals surface area contributed by atoms with Gasteiger partial charge in [-0.1, -0.05) is 35.4 Å². The molecule has 0 amide bonds. The molecule has 0 aliphatic heterocycles. The highest BCUT2D eigenvalue weighted by molar-refractivity contribution is 5.92. The Hall–Kier alpha value is -2.95. The van der Waals surface area contributed by atoms with E-state index in [0.29, 0.717) is 11.5 Å². The van der Waals surface area contributed by atoms with Crippen molar-refractivity contribution in [1.29, 1.82) is 0 Å². The molecule has 1 heterocycles. The number of ether oxygens (including phenoxy) is 1. The minimum absolute atomic E-state index is 0.275. The maximum atomic E-state index is 12.6. The topological polar surface area (TPSA) is 65.2 Å². The van der Waals surface area contributed by atoms with Crippen LogP contribution in [0.15, 0.2) is 40.8 Å². The Kier molecular flexibility index (Phi) is 4.89. The van der Waals surface area contributed by atoms with E-state index in [1.54, 1.807) is 6.92 Å². The highest BCUT2D eigenvalue weighted by Crippen LogP contribution is 2.25. The molecule has 0 radical (unpaired) electrons. The summed E-state index contributed by atoms with van der Waals surface area (Å²) < 4.78 is 11.3. The summed E-state index contributed by atoms with van der Waals surface area (Å²) in [6, 6.07) is 11.7. The van der Waals surface area contributed by atoms with Gasteiger partial charge >= 0.3 is 5.97 Å². The summed E-state index contributed by atoms with van der Waals surface area (Å²) in [5.41, 5.74) is 5.43. The molecule has 5 heteroatoms. The number of rotatable bonds is 4. The van der Waals surface area contributed by atoms with Crippen LogP contribution in [0, 0.1) is 27.7 Å². The summed E-state index contributed by atoms with van der Waals surface area (Å²) in [5.74, 6) is 0.300. The quantitative estimate of drug-likeness (QED) is 0.627. The van der Waals surface area contributed by atoms with Crippen LogP contribution in [-0.4, -0.2) is 16.2 Å². The number of benzene rings is 2. The molecule has 0 N–H and O–H groups in total. The lowest BCUT2D eigenvalue weighted by Gasteiger charge is -2.13. The van der Waals surface area contributed by atoms with Crippen LogP contribution in [0.5, 0.6) is 0 Å². The van der Waals surface area contributed by atoms with E-state index in [2.05, 4.69) is 10.2 Å². The predicted octanol–water partition coefficient (Wildman–Crippen LogP) is 4.89. The van der Waals surface area contributed by atoms with Crippen LogP contribution in [0.1, 0.15) is 51.5 Å². The van der Waals surface area contributed by atoms with Crippen LogP contribution in [-0.2, 0) is 4.74 Å². The van der Waals surface area contributed by atoms with Crippen LogP contribution in [0.3, 0.4) is 0 Å². The van der Waals surface area contributed by atoms with E-state index < -0.39 is 6.10 Å². The Morgan fingerprint density at radius 2 is 1.69 bits per heavy atom. The van der Waals surface area contributed by atoms with Gasteiger partial charge < -0.3 is 9.15 Å². The Labute approximate surface area is 153 Å². The van der Waals surface area contributed by atoms with Crippen molar-refractivity contribution in [3.8, 4) is 11.5 Å². The highest BCUT2D eigenvalue weighted by Gasteiger charge is 2.22. The molecule has 2 aromatic carbocycles.